The van der Waals surface area contributed by atoms with E-state index >= 15 is 0 Å². The summed E-state index contributed by atoms with van der Waals surface area (Å²) in [5.74, 6) is 0.369. The molecular weight excluding hydrogens is 406 g/mol. The van der Waals surface area contributed by atoms with E-state index in [0.29, 0.717) is 17.1 Å². The Morgan fingerprint density at radius 1 is 1.00 bits per heavy atom. The molecule has 9 nitrogen and oxygen atoms in total. The number of hydrogen-bond donors (Lipinski definition) is 5. The normalized spacial score (nSPS) is 11.3. The number of carbonyl (C=O) groups is 3. The van der Waals surface area contributed by atoms with Crippen LogP contribution in [0, 0.1) is 0 Å². The second kappa shape index (κ2) is 10.1. The number of carbonyl (C=O) groups excluding carboxylic acids is 3. The molecule has 5 amide bonds. The molecule has 0 aliphatic heterocycles. The number of anilines is 2. The standard InChI is InChI=1S/C20H21N5O4S/c21-19(27)25-16(17-4-2-10-30-17)11-18(26)23-13-5-7-14(8-6-13)24-20(28)22-12-15-3-1-9-29-15/h1-10,16H,11-12H2,(H,23,26)(H3,21,25,27)(H2,22,24,28). The summed E-state index contributed by atoms with van der Waals surface area (Å²) in [6.07, 6.45) is 1.58. The van der Waals surface area contributed by atoms with Crippen LogP contribution < -0.4 is 27.0 Å². The number of nitrogens with two attached hydrogens (primary N) is 1. The summed E-state index contributed by atoms with van der Waals surface area (Å²) in [4.78, 5) is 36.3. The lowest BCUT2D eigenvalue weighted by atomic mass is 10.1. The van der Waals surface area contributed by atoms with Crippen LogP contribution in [0.2, 0.25) is 0 Å². The van der Waals surface area contributed by atoms with Gasteiger partial charge in [0, 0.05) is 16.3 Å². The van der Waals surface area contributed by atoms with Gasteiger partial charge in [0.25, 0.3) is 0 Å². The third-order valence-corrected chi connectivity index (χ3v) is 5.01. The van der Waals surface area contributed by atoms with Crippen LogP contribution in [0.1, 0.15) is 23.1 Å². The van der Waals surface area contributed by atoms with Crippen molar-refractivity contribution < 1.29 is 18.8 Å². The summed E-state index contributed by atoms with van der Waals surface area (Å²) in [6, 6.07) is 12.3. The van der Waals surface area contributed by atoms with Gasteiger partial charge >= 0.3 is 12.1 Å². The predicted octanol–water partition coefficient (Wildman–Crippen LogP) is 3.40. The van der Waals surface area contributed by atoms with Crippen LogP contribution in [0.5, 0.6) is 0 Å². The Balaban J connectivity index is 1.49. The van der Waals surface area contributed by atoms with Gasteiger partial charge in [-0.05, 0) is 47.8 Å². The molecule has 6 N–H and O–H groups in total. The quantitative estimate of drug-likeness (QED) is 0.376. The molecule has 0 saturated heterocycles. The van der Waals surface area contributed by atoms with E-state index in [2.05, 4.69) is 21.3 Å². The minimum atomic E-state index is -0.693. The largest absolute Gasteiger partial charge is 0.467 e. The van der Waals surface area contributed by atoms with Crippen LogP contribution in [0.15, 0.2) is 64.6 Å². The smallest absolute Gasteiger partial charge is 0.319 e. The molecule has 0 aliphatic carbocycles. The Labute approximate surface area is 176 Å². The van der Waals surface area contributed by atoms with Gasteiger partial charge in [-0.2, -0.15) is 0 Å². The minimum Gasteiger partial charge on any atom is -0.467 e. The van der Waals surface area contributed by atoms with E-state index in [1.807, 2.05) is 17.5 Å². The molecule has 30 heavy (non-hydrogen) atoms. The maximum Gasteiger partial charge on any atom is 0.319 e. The molecule has 10 heteroatoms. The molecule has 1 unspecified atom stereocenters. The first kappa shape index (κ1) is 20.9. The van der Waals surface area contributed by atoms with E-state index in [0.717, 1.165) is 4.88 Å². The average molecular weight is 427 g/mol. The second-order valence-electron chi connectivity index (χ2n) is 6.29. The van der Waals surface area contributed by atoms with Crippen molar-refractivity contribution in [2.75, 3.05) is 10.6 Å². The molecular formula is C20H21N5O4S. The molecule has 0 bridgehead atoms. The Hall–Kier alpha value is -3.79. The highest BCUT2D eigenvalue weighted by Crippen LogP contribution is 2.23. The molecule has 0 spiro atoms. The fraction of sp³-hybridized carbons (Fsp3) is 0.150. The van der Waals surface area contributed by atoms with Crippen molar-refractivity contribution in [3.8, 4) is 0 Å². The summed E-state index contributed by atoms with van der Waals surface area (Å²) in [5, 5.41) is 12.6. The zero-order valence-corrected chi connectivity index (χ0v) is 16.7. The average Bonchev–Trinajstić information content (AvgIpc) is 3.41. The number of nitrogens with one attached hydrogen (secondary N) is 4. The third-order valence-electron chi connectivity index (χ3n) is 4.02. The lowest BCUT2D eigenvalue weighted by Crippen LogP contribution is -2.34. The fourth-order valence-electron chi connectivity index (χ4n) is 2.67. The van der Waals surface area contributed by atoms with Crippen LogP contribution >= 0.6 is 11.3 Å². The summed E-state index contributed by atoms with van der Waals surface area (Å²) < 4.78 is 5.15. The number of rotatable bonds is 8. The summed E-state index contributed by atoms with van der Waals surface area (Å²) in [5.41, 5.74) is 6.34. The van der Waals surface area contributed by atoms with Gasteiger partial charge < -0.3 is 31.4 Å². The maximum atomic E-state index is 12.4. The van der Waals surface area contributed by atoms with Crippen LogP contribution in [0.4, 0.5) is 21.0 Å². The number of primary amides is 1. The lowest BCUT2D eigenvalue weighted by molar-refractivity contribution is -0.116. The van der Waals surface area contributed by atoms with Crippen molar-refractivity contribution in [2.45, 2.75) is 19.0 Å². The highest BCUT2D eigenvalue weighted by atomic mass is 32.1. The van der Waals surface area contributed by atoms with Gasteiger partial charge in [-0.15, -0.1) is 11.3 Å². The van der Waals surface area contributed by atoms with Crippen molar-refractivity contribution in [1.29, 1.82) is 0 Å². The zero-order valence-electron chi connectivity index (χ0n) is 15.9. The molecule has 0 saturated carbocycles. The first-order chi connectivity index (χ1) is 14.5. The van der Waals surface area contributed by atoms with E-state index in [4.69, 9.17) is 10.2 Å². The highest BCUT2D eigenvalue weighted by Gasteiger charge is 2.18. The molecule has 3 aromatic rings. The molecule has 156 valence electrons. The molecule has 3 rings (SSSR count). The topological polar surface area (TPSA) is 138 Å². The first-order valence-electron chi connectivity index (χ1n) is 9.06. The monoisotopic (exact) mass is 427 g/mol. The van der Waals surface area contributed by atoms with Crippen LogP contribution in [-0.2, 0) is 11.3 Å². The first-order valence-corrected chi connectivity index (χ1v) is 9.94. The second-order valence-corrected chi connectivity index (χ2v) is 7.27. The number of furan rings is 1. The van der Waals surface area contributed by atoms with Gasteiger partial charge in [0.05, 0.1) is 25.3 Å². The van der Waals surface area contributed by atoms with E-state index in [9.17, 15) is 14.4 Å². The Morgan fingerprint density at radius 2 is 1.73 bits per heavy atom. The summed E-state index contributed by atoms with van der Waals surface area (Å²) >= 11 is 1.43. The van der Waals surface area contributed by atoms with E-state index < -0.39 is 12.1 Å². The molecule has 1 atom stereocenters. The third kappa shape index (κ3) is 6.38. The van der Waals surface area contributed by atoms with Crippen LogP contribution in [-0.4, -0.2) is 18.0 Å². The fourth-order valence-corrected chi connectivity index (χ4v) is 3.45. The maximum absolute atomic E-state index is 12.4. The van der Waals surface area contributed by atoms with Gasteiger partial charge in [0.15, 0.2) is 0 Å². The number of amides is 5. The van der Waals surface area contributed by atoms with Crippen LogP contribution in [0.3, 0.4) is 0 Å². The Kier molecular flexibility index (Phi) is 7.06. The minimum absolute atomic E-state index is 0.0403. The van der Waals surface area contributed by atoms with Gasteiger partial charge in [0.1, 0.15) is 5.76 Å². The SMILES string of the molecule is NC(=O)NC(CC(=O)Nc1ccc(NC(=O)NCc2ccco2)cc1)c1cccs1. The van der Waals surface area contributed by atoms with E-state index in [-0.39, 0.29) is 24.9 Å². The molecule has 0 radical (unpaired) electrons. The summed E-state index contributed by atoms with van der Waals surface area (Å²) in [6.45, 7) is 0.276. The van der Waals surface area contributed by atoms with Gasteiger partial charge in [-0.25, -0.2) is 9.59 Å². The van der Waals surface area contributed by atoms with Crippen molar-refractivity contribution in [3.05, 3.63) is 70.8 Å². The van der Waals surface area contributed by atoms with Gasteiger partial charge in [0.2, 0.25) is 5.91 Å². The van der Waals surface area contributed by atoms with Crippen molar-refractivity contribution in [3.63, 3.8) is 0 Å². The molecule has 0 fully saturated rings. The van der Waals surface area contributed by atoms with Crippen molar-refractivity contribution in [2.24, 2.45) is 5.73 Å². The van der Waals surface area contributed by atoms with Crippen molar-refractivity contribution in [1.82, 2.24) is 10.6 Å². The van der Waals surface area contributed by atoms with E-state index in [1.165, 1.54) is 17.6 Å². The Bertz CT molecular complexity index is 971. The lowest BCUT2D eigenvalue weighted by Gasteiger charge is -2.16. The number of hydrogen-bond acceptors (Lipinski definition) is 5. The number of benzene rings is 1. The van der Waals surface area contributed by atoms with Crippen molar-refractivity contribution >= 4 is 40.7 Å². The molecule has 2 aromatic heterocycles. The van der Waals surface area contributed by atoms with E-state index in [1.54, 1.807) is 36.4 Å². The van der Waals surface area contributed by atoms with Gasteiger partial charge in [-0.3, -0.25) is 4.79 Å². The summed E-state index contributed by atoms with van der Waals surface area (Å²) in [7, 11) is 0. The zero-order chi connectivity index (χ0) is 21.3. The molecule has 1 aromatic carbocycles. The number of urea groups is 2. The Morgan fingerprint density at radius 3 is 2.33 bits per heavy atom. The predicted molar refractivity (Wildman–Crippen MR) is 114 cm³/mol. The highest BCUT2D eigenvalue weighted by molar-refractivity contribution is 7.10. The molecule has 2 heterocycles. The number of thiophene rings is 1. The van der Waals surface area contributed by atoms with Crippen LogP contribution in [0.25, 0.3) is 0 Å². The van der Waals surface area contributed by atoms with Gasteiger partial charge in [-0.1, -0.05) is 6.07 Å². The molecule has 0 aliphatic rings.